The van der Waals surface area contributed by atoms with Gasteiger partial charge in [0.2, 0.25) is 0 Å². The smallest absolute Gasteiger partial charge is 0.0434 e. The molecule has 0 radical (unpaired) electrons. The van der Waals surface area contributed by atoms with Crippen molar-refractivity contribution in [3.8, 4) is 11.1 Å². The van der Waals surface area contributed by atoms with Crippen LogP contribution in [0.15, 0.2) is 121 Å². The molecule has 176 valence electrons. The van der Waals surface area contributed by atoms with E-state index < -0.39 is 0 Å². The Morgan fingerprint density at radius 3 is 1.82 bits per heavy atom. The van der Waals surface area contributed by atoms with Crippen molar-refractivity contribution in [3.63, 3.8) is 0 Å². The number of rotatable bonds is 1. The highest BCUT2D eigenvalue weighted by Crippen LogP contribution is 2.45. The third-order valence-corrected chi connectivity index (χ3v) is 10.4. The van der Waals surface area contributed by atoms with Crippen LogP contribution < -0.4 is 0 Å². The molecule has 0 unspecified atom stereocenters. The topological polar surface area (TPSA) is 0 Å². The molecule has 2 aromatic heterocycles. The molecule has 0 bridgehead atoms. The van der Waals surface area contributed by atoms with Crippen LogP contribution >= 0.6 is 22.7 Å². The molecular weight excluding hydrogens is 497 g/mol. The van der Waals surface area contributed by atoms with Crippen molar-refractivity contribution in [1.29, 1.82) is 0 Å². The first kappa shape index (κ1) is 20.8. The average molecular weight is 517 g/mol. The largest absolute Gasteiger partial charge is 0.135 e. The molecule has 0 nitrogen and oxygen atoms in total. The van der Waals surface area contributed by atoms with Gasteiger partial charge in [0.25, 0.3) is 0 Å². The van der Waals surface area contributed by atoms with Crippen molar-refractivity contribution < 1.29 is 0 Å². The highest BCUT2D eigenvalue weighted by Gasteiger charge is 2.15. The van der Waals surface area contributed by atoms with Gasteiger partial charge in [-0.15, -0.1) is 22.7 Å². The van der Waals surface area contributed by atoms with E-state index in [1.54, 1.807) is 0 Å². The van der Waals surface area contributed by atoms with E-state index in [1.165, 1.54) is 83.8 Å². The Morgan fingerprint density at radius 2 is 1.00 bits per heavy atom. The first-order valence-corrected chi connectivity index (χ1v) is 14.6. The van der Waals surface area contributed by atoms with Gasteiger partial charge in [-0.25, -0.2) is 0 Å². The summed E-state index contributed by atoms with van der Waals surface area (Å²) in [6.45, 7) is 0. The maximum Gasteiger partial charge on any atom is 0.0434 e. The fourth-order valence-corrected chi connectivity index (χ4v) is 8.73. The summed E-state index contributed by atoms with van der Waals surface area (Å²) in [6.07, 6.45) is 0. The number of fused-ring (bicyclic) bond motifs is 11. The van der Waals surface area contributed by atoms with Crippen LogP contribution in [0.4, 0.5) is 0 Å². The van der Waals surface area contributed by atoms with E-state index in [9.17, 15) is 0 Å². The third-order valence-electron chi connectivity index (χ3n) is 8.03. The van der Waals surface area contributed by atoms with Crippen LogP contribution in [-0.4, -0.2) is 0 Å². The Kier molecular flexibility index (Phi) is 4.18. The summed E-state index contributed by atoms with van der Waals surface area (Å²) >= 11 is 3.82. The van der Waals surface area contributed by atoms with Crippen LogP contribution in [0, 0.1) is 0 Å². The Labute approximate surface area is 227 Å². The molecule has 38 heavy (non-hydrogen) atoms. The second kappa shape index (κ2) is 7.64. The van der Waals surface area contributed by atoms with E-state index in [4.69, 9.17) is 0 Å². The molecule has 0 saturated carbocycles. The van der Waals surface area contributed by atoms with E-state index in [0.717, 1.165) is 0 Å². The van der Waals surface area contributed by atoms with Gasteiger partial charge in [0.05, 0.1) is 0 Å². The van der Waals surface area contributed by atoms with E-state index >= 15 is 0 Å². The molecule has 2 heteroatoms. The first-order chi connectivity index (χ1) is 18.8. The molecular formula is C36H20S2. The molecule has 9 aromatic rings. The summed E-state index contributed by atoms with van der Waals surface area (Å²) in [5, 5.41) is 13.4. The summed E-state index contributed by atoms with van der Waals surface area (Å²) in [5.74, 6) is 0. The van der Waals surface area contributed by atoms with Crippen LogP contribution in [0.5, 0.6) is 0 Å². The quantitative estimate of drug-likeness (QED) is 0.190. The maximum atomic E-state index is 2.41. The summed E-state index contributed by atoms with van der Waals surface area (Å²) in [6, 6.07) is 45.1. The zero-order valence-electron chi connectivity index (χ0n) is 20.4. The van der Waals surface area contributed by atoms with Gasteiger partial charge < -0.3 is 0 Å². The van der Waals surface area contributed by atoms with Crippen LogP contribution in [-0.2, 0) is 0 Å². The molecule has 0 atom stereocenters. The number of benzene rings is 7. The molecule has 0 amide bonds. The Morgan fingerprint density at radius 1 is 0.368 bits per heavy atom. The number of thiophene rings is 2. The van der Waals surface area contributed by atoms with Gasteiger partial charge in [0.15, 0.2) is 0 Å². The van der Waals surface area contributed by atoms with Gasteiger partial charge >= 0.3 is 0 Å². The summed E-state index contributed by atoms with van der Waals surface area (Å²) < 4.78 is 5.45. The molecule has 0 N–H and O–H groups in total. The van der Waals surface area contributed by atoms with E-state index in [1.807, 2.05) is 22.7 Å². The van der Waals surface area contributed by atoms with Crippen molar-refractivity contribution in [2.45, 2.75) is 0 Å². The minimum Gasteiger partial charge on any atom is -0.135 e. The van der Waals surface area contributed by atoms with E-state index in [-0.39, 0.29) is 0 Å². The Hall–Kier alpha value is -4.24. The monoisotopic (exact) mass is 516 g/mol. The molecule has 0 aliphatic heterocycles. The number of hydrogen-bond acceptors (Lipinski definition) is 2. The third kappa shape index (κ3) is 2.79. The summed E-state index contributed by atoms with van der Waals surface area (Å²) in [4.78, 5) is 0. The van der Waals surface area contributed by atoms with Crippen molar-refractivity contribution in [2.75, 3.05) is 0 Å². The lowest BCUT2D eigenvalue weighted by atomic mass is 9.91. The molecule has 9 rings (SSSR count). The highest BCUT2D eigenvalue weighted by atomic mass is 32.1. The van der Waals surface area contributed by atoms with Crippen LogP contribution in [0.1, 0.15) is 0 Å². The lowest BCUT2D eigenvalue weighted by molar-refractivity contribution is 1.72. The minimum atomic E-state index is 1.29. The second-order valence-corrected chi connectivity index (χ2v) is 12.2. The molecule has 0 spiro atoms. The minimum absolute atomic E-state index is 1.29. The Bertz CT molecular complexity index is 2350. The zero-order valence-corrected chi connectivity index (χ0v) is 22.0. The molecule has 0 saturated heterocycles. The highest BCUT2D eigenvalue weighted by molar-refractivity contribution is 7.27. The lowest BCUT2D eigenvalue weighted by Crippen LogP contribution is -1.85. The Balaban J connectivity index is 1.35. The summed E-state index contributed by atoms with van der Waals surface area (Å²) in [5.41, 5.74) is 2.61. The van der Waals surface area contributed by atoms with Crippen LogP contribution in [0.25, 0.3) is 83.8 Å². The van der Waals surface area contributed by atoms with E-state index in [2.05, 4.69) is 121 Å². The van der Waals surface area contributed by atoms with Crippen molar-refractivity contribution in [3.05, 3.63) is 121 Å². The van der Waals surface area contributed by atoms with Crippen molar-refractivity contribution in [1.82, 2.24) is 0 Å². The molecule has 0 aliphatic carbocycles. The lowest BCUT2D eigenvalue weighted by Gasteiger charge is -2.12. The molecule has 7 aromatic carbocycles. The van der Waals surface area contributed by atoms with Gasteiger partial charge in [-0.3, -0.25) is 0 Å². The normalized spacial score (nSPS) is 12.2. The fourth-order valence-electron chi connectivity index (χ4n) is 6.34. The summed E-state index contributed by atoms with van der Waals surface area (Å²) in [7, 11) is 0. The predicted octanol–water partition coefficient (Wildman–Crippen LogP) is 11.5. The maximum absolute atomic E-state index is 2.41. The van der Waals surface area contributed by atoms with Gasteiger partial charge in [0, 0.05) is 45.7 Å². The fraction of sp³-hybridized carbons (Fsp3) is 0. The molecule has 0 aliphatic rings. The van der Waals surface area contributed by atoms with Gasteiger partial charge in [-0.05, 0) is 62.3 Å². The van der Waals surface area contributed by atoms with E-state index in [0.29, 0.717) is 0 Å². The second-order valence-electron chi connectivity index (χ2n) is 10.1. The average Bonchev–Trinajstić information content (AvgIpc) is 3.54. The predicted molar refractivity (Wildman–Crippen MR) is 170 cm³/mol. The molecule has 0 fully saturated rings. The zero-order chi connectivity index (χ0) is 24.8. The standard InChI is InChI=1S/C36H20S2/c1-3-9-24-21(7-1)19-22-8-2-4-10-25(22)34(24)23-13-14-30-33(20-23)37-32-18-17-29-27(35(30)32)15-16-28-26-11-5-6-12-31(26)38-36(28)29/h1-20H. The SMILES string of the molecule is c1ccc2c(-c3ccc4c(c3)sc3ccc5c(ccc6c7ccccc7sc65)c34)c3ccccc3cc2c1. The van der Waals surface area contributed by atoms with Crippen LogP contribution in [0.3, 0.4) is 0 Å². The van der Waals surface area contributed by atoms with Crippen molar-refractivity contribution in [2.24, 2.45) is 0 Å². The van der Waals surface area contributed by atoms with Crippen molar-refractivity contribution >= 4 is 95.3 Å². The van der Waals surface area contributed by atoms with Gasteiger partial charge in [0.1, 0.15) is 0 Å². The van der Waals surface area contributed by atoms with Gasteiger partial charge in [-0.2, -0.15) is 0 Å². The van der Waals surface area contributed by atoms with Crippen LogP contribution in [0.2, 0.25) is 0 Å². The van der Waals surface area contributed by atoms with Gasteiger partial charge in [-0.1, -0.05) is 97.1 Å². The number of hydrogen-bond donors (Lipinski definition) is 0. The first-order valence-electron chi connectivity index (χ1n) is 12.9. The molecule has 2 heterocycles.